The highest BCUT2D eigenvalue weighted by Crippen LogP contribution is 2.32. The van der Waals surface area contributed by atoms with Crippen molar-refractivity contribution in [3.63, 3.8) is 0 Å². The van der Waals surface area contributed by atoms with Gasteiger partial charge in [-0.25, -0.2) is 4.98 Å². The number of rotatable bonds is 3. The molecule has 0 saturated carbocycles. The van der Waals surface area contributed by atoms with Crippen molar-refractivity contribution in [3.8, 4) is 0 Å². The summed E-state index contributed by atoms with van der Waals surface area (Å²) in [5.41, 5.74) is 0.275. The smallest absolute Gasteiger partial charge is 0.262 e. The molecule has 0 radical (unpaired) electrons. The lowest BCUT2D eigenvalue weighted by atomic mass is 10.1. The van der Waals surface area contributed by atoms with Crippen LogP contribution in [0.2, 0.25) is 10.0 Å². The summed E-state index contributed by atoms with van der Waals surface area (Å²) in [6, 6.07) is 1.68. The molecule has 0 aliphatic carbocycles. The third-order valence-corrected chi connectivity index (χ3v) is 4.80. The molecule has 23 heavy (non-hydrogen) atoms. The fraction of sp³-hybridized carbons (Fsp3) is 0.143. The van der Waals surface area contributed by atoms with E-state index in [1.165, 1.54) is 36.6 Å². The van der Waals surface area contributed by atoms with E-state index >= 15 is 0 Å². The van der Waals surface area contributed by atoms with Crippen LogP contribution in [0.3, 0.4) is 0 Å². The Hall–Kier alpha value is -1.96. The number of thiazole rings is 1. The molecule has 1 N–H and O–H groups in total. The van der Waals surface area contributed by atoms with E-state index in [9.17, 15) is 14.4 Å². The van der Waals surface area contributed by atoms with E-state index in [-0.39, 0.29) is 21.2 Å². The van der Waals surface area contributed by atoms with Gasteiger partial charge in [0.1, 0.15) is 6.04 Å². The molecular formula is C14H9Cl2N3O3S. The minimum absolute atomic E-state index is 0.137. The molecule has 1 unspecified atom stereocenters. The first-order valence-corrected chi connectivity index (χ1v) is 8.11. The average molecular weight is 370 g/mol. The number of nitrogens with zero attached hydrogens (tertiary/aromatic N) is 2. The van der Waals surface area contributed by atoms with Crippen molar-refractivity contribution in [2.45, 2.75) is 13.0 Å². The van der Waals surface area contributed by atoms with E-state index in [2.05, 4.69) is 10.3 Å². The number of hydrogen-bond donors (Lipinski definition) is 1. The zero-order valence-corrected chi connectivity index (χ0v) is 14.0. The van der Waals surface area contributed by atoms with Gasteiger partial charge in [-0.2, -0.15) is 0 Å². The third-order valence-electron chi connectivity index (χ3n) is 3.39. The number of aromatic nitrogens is 1. The summed E-state index contributed by atoms with van der Waals surface area (Å²) in [6.07, 6.45) is 1.54. The summed E-state index contributed by atoms with van der Waals surface area (Å²) < 4.78 is 0. The lowest BCUT2D eigenvalue weighted by Crippen LogP contribution is -2.45. The van der Waals surface area contributed by atoms with Crippen LogP contribution in [0, 0.1) is 0 Å². The number of anilines is 1. The summed E-state index contributed by atoms with van der Waals surface area (Å²) in [6.45, 7) is 1.47. The molecule has 1 aliphatic rings. The van der Waals surface area contributed by atoms with Crippen LogP contribution >= 0.6 is 34.5 Å². The lowest BCUT2D eigenvalue weighted by Gasteiger charge is -2.21. The van der Waals surface area contributed by atoms with Crippen molar-refractivity contribution < 1.29 is 14.4 Å². The van der Waals surface area contributed by atoms with Crippen LogP contribution in [-0.4, -0.2) is 33.6 Å². The Balaban J connectivity index is 1.88. The van der Waals surface area contributed by atoms with Crippen LogP contribution in [0.1, 0.15) is 27.6 Å². The third kappa shape index (κ3) is 2.71. The number of benzene rings is 1. The number of halogens is 2. The number of carbonyl (C=O) groups is 3. The number of imide groups is 1. The molecule has 118 valence electrons. The second kappa shape index (κ2) is 5.92. The Labute approximate surface area is 145 Å². The number of nitrogens with one attached hydrogen (secondary N) is 1. The van der Waals surface area contributed by atoms with Crippen molar-refractivity contribution >= 4 is 57.4 Å². The predicted molar refractivity (Wildman–Crippen MR) is 87.2 cm³/mol. The number of carbonyl (C=O) groups excluding carboxylic acids is 3. The first-order chi connectivity index (χ1) is 10.9. The maximum Gasteiger partial charge on any atom is 0.262 e. The molecular weight excluding hydrogens is 361 g/mol. The zero-order chi connectivity index (χ0) is 16.7. The Morgan fingerprint density at radius 1 is 1.22 bits per heavy atom. The van der Waals surface area contributed by atoms with Crippen LogP contribution in [0.25, 0.3) is 0 Å². The highest BCUT2D eigenvalue weighted by molar-refractivity contribution is 7.13. The monoisotopic (exact) mass is 369 g/mol. The molecule has 0 bridgehead atoms. The van der Waals surface area contributed by atoms with Crippen molar-refractivity contribution in [3.05, 3.63) is 44.9 Å². The molecule has 0 saturated heterocycles. The quantitative estimate of drug-likeness (QED) is 0.843. The standard InChI is InChI=1S/C14H9Cl2N3O3S/c1-6(11(20)18-14-17-2-3-23-14)19-12(21)7-4-9(15)10(16)5-8(7)13(19)22/h2-6H,1H3,(H,17,18,20). The molecule has 3 amide bonds. The normalized spacial score (nSPS) is 14.8. The van der Waals surface area contributed by atoms with Gasteiger partial charge in [-0.3, -0.25) is 19.3 Å². The largest absolute Gasteiger partial charge is 0.300 e. The summed E-state index contributed by atoms with van der Waals surface area (Å²) in [4.78, 5) is 41.9. The maximum atomic E-state index is 12.4. The van der Waals surface area contributed by atoms with Crippen molar-refractivity contribution in [1.82, 2.24) is 9.88 Å². The average Bonchev–Trinajstić information content (AvgIpc) is 3.09. The van der Waals surface area contributed by atoms with E-state index < -0.39 is 23.8 Å². The van der Waals surface area contributed by atoms with Gasteiger partial charge in [-0.05, 0) is 19.1 Å². The maximum absolute atomic E-state index is 12.4. The zero-order valence-electron chi connectivity index (χ0n) is 11.7. The van der Waals surface area contributed by atoms with Gasteiger partial charge in [0.2, 0.25) is 5.91 Å². The highest BCUT2D eigenvalue weighted by Gasteiger charge is 2.41. The first kappa shape index (κ1) is 15.9. The van der Waals surface area contributed by atoms with Crippen LogP contribution in [-0.2, 0) is 4.79 Å². The molecule has 6 nitrogen and oxygen atoms in total. The van der Waals surface area contributed by atoms with Gasteiger partial charge in [-0.1, -0.05) is 23.2 Å². The summed E-state index contributed by atoms with van der Waals surface area (Å²) in [7, 11) is 0. The van der Waals surface area contributed by atoms with Gasteiger partial charge < -0.3 is 5.32 Å². The molecule has 3 rings (SSSR count). The fourth-order valence-corrected chi connectivity index (χ4v) is 3.08. The molecule has 9 heteroatoms. The van der Waals surface area contributed by atoms with Crippen LogP contribution in [0.5, 0.6) is 0 Å². The topological polar surface area (TPSA) is 79.4 Å². The van der Waals surface area contributed by atoms with E-state index in [0.29, 0.717) is 5.13 Å². The van der Waals surface area contributed by atoms with Crippen molar-refractivity contribution in [2.75, 3.05) is 5.32 Å². The van der Waals surface area contributed by atoms with Gasteiger partial charge >= 0.3 is 0 Å². The van der Waals surface area contributed by atoms with E-state index in [0.717, 1.165) is 4.90 Å². The second-order valence-electron chi connectivity index (χ2n) is 4.79. The van der Waals surface area contributed by atoms with Gasteiger partial charge in [-0.15, -0.1) is 11.3 Å². The molecule has 1 aliphatic heterocycles. The molecule has 1 atom stereocenters. The molecule has 0 fully saturated rings. The SMILES string of the molecule is CC(C(=O)Nc1nccs1)N1C(=O)c2cc(Cl)c(Cl)cc2C1=O. The van der Waals surface area contributed by atoms with Crippen molar-refractivity contribution in [2.24, 2.45) is 0 Å². The van der Waals surface area contributed by atoms with Crippen molar-refractivity contribution in [1.29, 1.82) is 0 Å². The number of fused-ring (bicyclic) bond motifs is 1. The molecule has 2 heterocycles. The van der Waals surface area contributed by atoms with Crippen LogP contribution in [0.15, 0.2) is 23.7 Å². The summed E-state index contributed by atoms with van der Waals surface area (Å²) in [5.74, 6) is -1.66. The molecule has 0 spiro atoms. The molecule has 2 aromatic rings. The second-order valence-corrected chi connectivity index (χ2v) is 6.50. The Morgan fingerprint density at radius 3 is 2.26 bits per heavy atom. The predicted octanol–water partition coefficient (Wildman–Crippen LogP) is 3.07. The summed E-state index contributed by atoms with van der Waals surface area (Å²) in [5, 5.41) is 5.00. The Kier molecular flexibility index (Phi) is 4.09. The molecule has 1 aromatic heterocycles. The first-order valence-electron chi connectivity index (χ1n) is 6.47. The van der Waals surface area contributed by atoms with Gasteiger partial charge in [0.25, 0.3) is 11.8 Å². The number of hydrogen-bond acceptors (Lipinski definition) is 5. The lowest BCUT2D eigenvalue weighted by molar-refractivity contribution is -0.119. The van der Waals surface area contributed by atoms with Gasteiger partial charge in [0.15, 0.2) is 5.13 Å². The fourth-order valence-electron chi connectivity index (χ4n) is 2.22. The van der Waals surface area contributed by atoms with E-state index in [1.807, 2.05) is 0 Å². The molecule has 1 aromatic carbocycles. The van der Waals surface area contributed by atoms with E-state index in [4.69, 9.17) is 23.2 Å². The summed E-state index contributed by atoms with van der Waals surface area (Å²) >= 11 is 13.0. The Morgan fingerprint density at radius 2 is 1.78 bits per heavy atom. The van der Waals surface area contributed by atoms with Gasteiger partial charge in [0, 0.05) is 11.6 Å². The van der Waals surface area contributed by atoms with E-state index in [1.54, 1.807) is 5.38 Å². The van der Waals surface area contributed by atoms with Crippen LogP contribution in [0.4, 0.5) is 5.13 Å². The minimum Gasteiger partial charge on any atom is -0.300 e. The van der Waals surface area contributed by atoms with Gasteiger partial charge in [0.05, 0.1) is 21.2 Å². The minimum atomic E-state index is -0.996. The van der Waals surface area contributed by atoms with Crippen LogP contribution < -0.4 is 5.32 Å². The number of amides is 3. The Bertz CT molecular complexity index is 782. The highest BCUT2D eigenvalue weighted by atomic mass is 35.5.